The van der Waals surface area contributed by atoms with Crippen LogP contribution in [0.2, 0.25) is 0 Å². The van der Waals surface area contributed by atoms with Gasteiger partial charge < -0.3 is 29.3 Å². The van der Waals surface area contributed by atoms with Crippen LogP contribution < -0.4 is 9.64 Å². The first-order valence-electron chi connectivity index (χ1n) is 14.2. The molecule has 1 fully saturated rings. The van der Waals surface area contributed by atoms with Crippen LogP contribution in [-0.4, -0.2) is 92.4 Å². The Labute approximate surface area is 232 Å². The van der Waals surface area contributed by atoms with Gasteiger partial charge in [0.25, 0.3) is 5.91 Å². The number of carbonyl (C=O) groups is 2. The summed E-state index contributed by atoms with van der Waals surface area (Å²) in [4.78, 5) is 31.7. The first-order valence-corrected chi connectivity index (χ1v) is 14.2. The first-order chi connectivity index (χ1) is 18.9. The van der Waals surface area contributed by atoms with Gasteiger partial charge in [0, 0.05) is 50.0 Å². The van der Waals surface area contributed by atoms with Crippen LogP contribution in [0.3, 0.4) is 0 Å². The number of para-hydroxylation sites is 1. The number of hydrogen-bond acceptors (Lipinski definition) is 6. The molecule has 2 heterocycles. The Morgan fingerprint density at radius 1 is 1.00 bits per heavy atom. The number of carbonyl (C=O) groups excluding carboxylic acids is 2. The van der Waals surface area contributed by atoms with Crippen molar-refractivity contribution >= 4 is 17.5 Å². The lowest BCUT2D eigenvalue weighted by Gasteiger charge is -2.41. The summed E-state index contributed by atoms with van der Waals surface area (Å²) >= 11 is 0. The number of aliphatic hydroxyl groups is 1. The van der Waals surface area contributed by atoms with Crippen molar-refractivity contribution in [1.82, 2.24) is 9.80 Å². The van der Waals surface area contributed by atoms with E-state index < -0.39 is 6.10 Å². The minimum Gasteiger partial charge on any atom is -0.494 e. The third kappa shape index (κ3) is 8.27. The number of ether oxygens (including phenoxy) is 2. The maximum Gasteiger partial charge on any atom is 0.253 e. The zero-order chi connectivity index (χ0) is 27.6. The molecule has 2 amide bonds. The van der Waals surface area contributed by atoms with Gasteiger partial charge in [0.1, 0.15) is 5.75 Å². The molecule has 1 atom stereocenters. The predicted molar refractivity (Wildman–Crippen MR) is 152 cm³/mol. The second kappa shape index (κ2) is 14.4. The minimum absolute atomic E-state index is 0.0288. The van der Waals surface area contributed by atoms with Crippen molar-refractivity contribution in [2.24, 2.45) is 0 Å². The summed E-state index contributed by atoms with van der Waals surface area (Å²) in [6.07, 6.45) is 5.33. The van der Waals surface area contributed by atoms with Crippen LogP contribution in [0.15, 0.2) is 48.5 Å². The number of fused-ring (bicyclic) bond motifs is 1. The highest BCUT2D eigenvalue weighted by molar-refractivity contribution is 5.97. The number of nitrogens with zero attached hydrogens (tertiary/aromatic N) is 3. The number of anilines is 1. The van der Waals surface area contributed by atoms with Crippen molar-refractivity contribution in [1.29, 1.82) is 0 Å². The normalized spacial score (nSPS) is 16.9. The lowest BCUT2D eigenvalue weighted by molar-refractivity contribution is -0.119. The summed E-state index contributed by atoms with van der Waals surface area (Å²) in [5.41, 5.74) is 2.94. The Morgan fingerprint density at radius 2 is 1.72 bits per heavy atom. The molecule has 2 aliphatic rings. The Hall–Kier alpha value is -2.94. The molecular weight excluding hydrogens is 494 g/mol. The number of aliphatic hydroxyl groups excluding tert-OH is 1. The molecule has 0 radical (unpaired) electrons. The Kier molecular flexibility index (Phi) is 10.8. The van der Waals surface area contributed by atoms with E-state index in [0.717, 1.165) is 50.0 Å². The molecule has 0 saturated carbocycles. The zero-order valence-corrected chi connectivity index (χ0v) is 23.4. The third-order valence-electron chi connectivity index (χ3n) is 7.43. The standard InChI is InChI=1S/C31H43N3O5/c1-32(2)22-27(35)23-38-20-6-3-7-21-39-28-13-10-25(11-14-28)31(37)33-18-16-26(17-19-33)34-29-9-5-4-8-24(29)12-15-30(34)36/h4-5,8-11,13-14,26-27,35H,3,6-7,12,15-23H2,1-2H3. The molecule has 0 bridgehead atoms. The number of benzene rings is 2. The highest BCUT2D eigenvalue weighted by Crippen LogP contribution is 2.32. The molecule has 1 unspecified atom stereocenters. The van der Waals surface area contributed by atoms with Crippen molar-refractivity contribution in [3.8, 4) is 5.75 Å². The van der Waals surface area contributed by atoms with E-state index >= 15 is 0 Å². The van der Waals surface area contributed by atoms with Crippen LogP contribution in [0, 0.1) is 0 Å². The van der Waals surface area contributed by atoms with Crippen LogP contribution in [0.1, 0.15) is 54.4 Å². The van der Waals surface area contributed by atoms with Gasteiger partial charge in [-0.15, -0.1) is 0 Å². The molecule has 1 N–H and O–H groups in total. The summed E-state index contributed by atoms with van der Waals surface area (Å²) in [5.74, 6) is 0.981. The van der Waals surface area contributed by atoms with E-state index in [2.05, 4.69) is 6.07 Å². The van der Waals surface area contributed by atoms with Gasteiger partial charge in [0.2, 0.25) is 5.91 Å². The maximum atomic E-state index is 13.1. The second-order valence-corrected chi connectivity index (χ2v) is 10.8. The number of hydrogen-bond donors (Lipinski definition) is 1. The molecular formula is C31H43N3O5. The quantitative estimate of drug-likeness (QED) is 0.392. The van der Waals surface area contributed by atoms with Gasteiger partial charge >= 0.3 is 0 Å². The summed E-state index contributed by atoms with van der Waals surface area (Å²) < 4.78 is 11.4. The van der Waals surface area contributed by atoms with Crippen molar-refractivity contribution in [3.63, 3.8) is 0 Å². The summed E-state index contributed by atoms with van der Waals surface area (Å²) in [6.45, 7) is 3.51. The average molecular weight is 538 g/mol. The summed E-state index contributed by atoms with van der Waals surface area (Å²) in [7, 11) is 3.86. The molecule has 39 heavy (non-hydrogen) atoms. The van der Waals surface area contributed by atoms with Gasteiger partial charge in [-0.05, 0) is 88.5 Å². The number of aryl methyl sites for hydroxylation is 1. The van der Waals surface area contributed by atoms with Crippen LogP contribution >= 0.6 is 0 Å². The van der Waals surface area contributed by atoms with Gasteiger partial charge in [-0.3, -0.25) is 9.59 Å². The molecule has 4 rings (SSSR count). The lowest BCUT2D eigenvalue weighted by Crippen LogP contribution is -2.50. The van der Waals surface area contributed by atoms with E-state index in [1.54, 1.807) is 0 Å². The highest BCUT2D eigenvalue weighted by Gasteiger charge is 2.33. The Morgan fingerprint density at radius 3 is 2.46 bits per heavy atom. The Balaban J connectivity index is 1.14. The number of likely N-dealkylation sites (tertiary alicyclic amines) is 1. The number of rotatable bonds is 13. The molecule has 2 aromatic carbocycles. The van der Waals surface area contributed by atoms with E-state index in [4.69, 9.17) is 9.47 Å². The Bertz CT molecular complexity index is 1070. The summed E-state index contributed by atoms with van der Waals surface area (Å²) in [5, 5.41) is 9.79. The van der Waals surface area contributed by atoms with Gasteiger partial charge in [0.15, 0.2) is 0 Å². The third-order valence-corrected chi connectivity index (χ3v) is 7.43. The van der Waals surface area contributed by atoms with Crippen molar-refractivity contribution in [3.05, 3.63) is 59.7 Å². The van der Waals surface area contributed by atoms with Crippen molar-refractivity contribution in [2.45, 2.75) is 57.1 Å². The van der Waals surface area contributed by atoms with Gasteiger partial charge in [-0.1, -0.05) is 18.2 Å². The largest absolute Gasteiger partial charge is 0.494 e. The van der Waals surface area contributed by atoms with Crippen LogP contribution in [0.25, 0.3) is 0 Å². The highest BCUT2D eigenvalue weighted by atomic mass is 16.5. The van der Waals surface area contributed by atoms with E-state index in [1.165, 1.54) is 5.56 Å². The fourth-order valence-electron chi connectivity index (χ4n) is 5.42. The smallest absolute Gasteiger partial charge is 0.253 e. The SMILES string of the molecule is CN(C)CC(O)COCCCCCOc1ccc(C(=O)N2CCC(N3C(=O)CCc4ccccc43)CC2)cc1. The molecule has 0 aliphatic carbocycles. The first kappa shape index (κ1) is 29.1. The molecule has 212 valence electrons. The lowest BCUT2D eigenvalue weighted by atomic mass is 9.95. The van der Waals surface area contributed by atoms with E-state index in [9.17, 15) is 14.7 Å². The number of unbranched alkanes of at least 4 members (excludes halogenated alkanes) is 2. The van der Waals surface area contributed by atoms with Gasteiger partial charge in [-0.2, -0.15) is 0 Å². The predicted octanol–water partition coefficient (Wildman–Crippen LogP) is 3.76. The molecule has 0 spiro atoms. The minimum atomic E-state index is -0.451. The molecule has 8 heteroatoms. The second-order valence-electron chi connectivity index (χ2n) is 10.8. The van der Waals surface area contributed by atoms with Crippen LogP contribution in [0.4, 0.5) is 5.69 Å². The van der Waals surface area contributed by atoms with Gasteiger partial charge in [-0.25, -0.2) is 0 Å². The zero-order valence-electron chi connectivity index (χ0n) is 23.4. The van der Waals surface area contributed by atoms with Crippen LogP contribution in [-0.2, 0) is 16.0 Å². The number of piperidine rings is 1. The monoisotopic (exact) mass is 537 g/mol. The van der Waals surface area contributed by atoms with Crippen molar-refractivity contribution in [2.75, 3.05) is 58.5 Å². The van der Waals surface area contributed by atoms with E-state index in [0.29, 0.717) is 51.4 Å². The molecule has 1 saturated heterocycles. The molecule has 2 aromatic rings. The topological polar surface area (TPSA) is 82.6 Å². The maximum absolute atomic E-state index is 13.1. The van der Waals surface area contributed by atoms with Crippen molar-refractivity contribution < 1.29 is 24.2 Å². The molecule has 8 nitrogen and oxygen atoms in total. The van der Waals surface area contributed by atoms with Gasteiger partial charge in [0.05, 0.1) is 19.3 Å². The van der Waals surface area contributed by atoms with E-state index in [-0.39, 0.29) is 17.9 Å². The van der Waals surface area contributed by atoms with Crippen LogP contribution in [0.5, 0.6) is 5.75 Å². The fourth-order valence-corrected chi connectivity index (χ4v) is 5.42. The fraction of sp³-hybridized carbons (Fsp3) is 0.548. The number of likely N-dealkylation sites (N-methyl/N-ethyl adjacent to an activating group) is 1. The number of amides is 2. The molecule has 0 aromatic heterocycles. The average Bonchev–Trinajstić information content (AvgIpc) is 2.94. The summed E-state index contributed by atoms with van der Waals surface area (Å²) in [6, 6.07) is 15.7. The molecule has 2 aliphatic heterocycles. The van der Waals surface area contributed by atoms with E-state index in [1.807, 2.05) is 71.3 Å².